The van der Waals surface area contributed by atoms with Gasteiger partial charge in [0.05, 0.1) is 17.1 Å². The first-order valence-corrected chi connectivity index (χ1v) is 9.93. The van der Waals surface area contributed by atoms with Gasteiger partial charge in [-0.25, -0.2) is 0 Å². The van der Waals surface area contributed by atoms with Crippen molar-refractivity contribution in [3.63, 3.8) is 0 Å². The maximum Gasteiger partial charge on any atom is 0.0540 e. The second kappa shape index (κ2) is 5.94. The highest BCUT2D eigenvalue weighted by Crippen LogP contribution is 2.52. The Kier molecular flexibility index (Phi) is 3.64. The van der Waals surface area contributed by atoms with Crippen molar-refractivity contribution in [1.82, 2.24) is 0 Å². The minimum absolute atomic E-state index is 0.0277. The summed E-state index contributed by atoms with van der Waals surface area (Å²) in [5, 5.41) is 3.78. The molecule has 132 valence electrons. The van der Waals surface area contributed by atoms with Crippen LogP contribution in [0, 0.1) is 0 Å². The van der Waals surface area contributed by atoms with Crippen LogP contribution in [0.25, 0.3) is 10.8 Å². The molecule has 0 bridgehead atoms. The second-order valence-corrected chi connectivity index (χ2v) is 8.34. The van der Waals surface area contributed by atoms with Gasteiger partial charge in [-0.15, -0.1) is 9.24 Å². The zero-order valence-corrected chi connectivity index (χ0v) is 16.8. The molecule has 0 N–H and O–H groups in total. The zero-order valence-electron chi connectivity index (χ0n) is 15.6. The van der Waals surface area contributed by atoms with Crippen LogP contribution in [-0.4, -0.2) is 0 Å². The summed E-state index contributed by atoms with van der Waals surface area (Å²) < 4.78 is 0. The van der Waals surface area contributed by atoms with Gasteiger partial charge >= 0.3 is 0 Å². The van der Waals surface area contributed by atoms with Crippen LogP contribution in [-0.2, 0) is 5.41 Å². The minimum atomic E-state index is -0.0277. The van der Waals surface area contributed by atoms with E-state index in [0.717, 1.165) is 0 Å². The largest absolute Gasteiger partial charge is 0.309 e. The molecule has 0 spiro atoms. The van der Waals surface area contributed by atoms with Crippen LogP contribution in [0.2, 0.25) is 0 Å². The summed E-state index contributed by atoms with van der Waals surface area (Å²) in [6.07, 6.45) is 0. The number of benzene rings is 4. The van der Waals surface area contributed by atoms with Crippen LogP contribution >= 0.6 is 9.24 Å². The van der Waals surface area contributed by atoms with E-state index in [2.05, 4.69) is 113 Å². The quantitative estimate of drug-likeness (QED) is 0.350. The van der Waals surface area contributed by atoms with Crippen molar-refractivity contribution >= 4 is 42.4 Å². The highest BCUT2D eigenvalue weighted by molar-refractivity contribution is 7.28. The van der Waals surface area contributed by atoms with E-state index in [9.17, 15) is 0 Å². The highest BCUT2D eigenvalue weighted by atomic mass is 31.0. The van der Waals surface area contributed by atoms with Crippen molar-refractivity contribution in [3.8, 4) is 0 Å². The van der Waals surface area contributed by atoms with E-state index in [-0.39, 0.29) is 5.41 Å². The van der Waals surface area contributed by atoms with E-state index in [1.165, 1.54) is 44.3 Å². The molecule has 4 aromatic carbocycles. The molecule has 5 rings (SSSR count). The maximum absolute atomic E-state index is 2.87. The summed E-state index contributed by atoms with van der Waals surface area (Å²) >= 11 is 0. The Morgan fingerprint density at radius 2 is 1.11 bits per heavy atom. The summed E-state index contributed by atoms with van der Waals surface area (Å²) in [6.45, 7) is 4.65. The first kappa shape index (κ1) is 16.5. The average molecular weight is 367 g/mol. The van der Waals surface area contributed by atoms with Gasteiger partial charge in [0.25, 0.3) is 0 Å². The van der Waals surface area contributed by atoms with E-state index < -0.39 is 0 Å². The predicted octanol–water partition coefficient (Wildman–Crippen LogP) is 6.45. The number of anilines is 3. The first-order chi connectivity index (χ1) is 13.1. The number of para-hydroxylation sites is 2. The van der Waals surface area contributed by atoms with E-state index in [1.807, 2.05) is 0 Å². The fourth-order valence-electron chi connectivity index (χ4n) is 4.43. The van der Waals surface area contributed by atoms with Crippen LogP contribution in [0.15, 0.2) is 84.9 Å². The fraction of sp³-hybridized carbons (Fsp3) is 0.120. The minimum Gasteiger partial charge on any atom is -0.309 e. The molecule has 1 atom stereocenters. The predicted molar refractivity (Wildman–Crippen MR) is 120 cm³/mol. The normalized spacial score (nSPS) is 14.7. The first-order valence-electron chi connectivity index (χ1n) is 9.35. The van der Waals surface area contributed by atoms with Gasteiger partial charge in [0.15, 0.2) is 0 Å². The Morgan fingerprint density at radius 1 is 0.593 bits per heavy atom. The lowest BCUT2D eigenvalue weighted by Crippen LogP contribution is -2.30. The molecule has 1 unspecified atom stereocenters. The van der Waals surface area contributed by atoms with Crippen molar-refractivity contribution in [2.45, 2.75) is 19.3 Å². The Hall–Kier alpha value is -2.63. The molecule has 4 aromatic rings. The second-order valence-electron chi connectivity index (χ2n) is 7.71. The molecule has 27 heavy (non-hydrogen) atoms. The van der Waals surface area contributed by atoms with Crippen molar-refractivity contribution in [2.24, 2.45) is 0 Å². The molecule has 1 heterocycles. The van der Waals surface area contributed by atoms with Crippen LogP contribution in [0.4, 0.5) is 17.1 Å². The van der Waals surface area contributed by atoms with E-state index in [0.29, 0.717) is 0 Å². The third kappa shape index (κ3) is 2.35. The molecule has 2 heteroatoms. The van der Waals surface area contributed by atoms with Gasteiger partial charge in [-0.2, -0.15) is 0 Å². The summed E-state index contributed by atoms with van der Waals surface area (Å²) in [5.74, 6) is 0. The van der Waals surface area contributed by atoms with Gasteiger partial charge < -0.3 is 4.90 Å². The Labute approximate surface area is 162 Å². The lowest BCUT2D eigenvalue weighted by Gasteiger charge is -2.42. The van der Waals surface area contributed by atoms with Crippen LogP contribution in [0.1, 0.15) is 25.0 Å². The summed E-state index contributed by atoms with van der Waals surface area (Å²) in [6, 6.07) is 30.7. The van der Waals surface area contributed by atoms with Gasteiger partial charge in [-0.1, -0.05) is 80.6 Å². The van der Waals surface area contributed by atoms with Gasteiger partial charge in [0.1, 0.15) is 0 Å². The number of hydrogen-bond acceptors (Lipinski definition) is 1. The summed E-state index contributed by atoms with van der Waals surface area (Å²) in [4.78, 5) is 2.43. The Morgan fingerprint density at radius 3 is 1.74 bits per heavy atom. The van der Waals surface area contributed by atoms with Crippen LogP contribution in [0.5, 0.6) is 0 Å². The smallest absolute Gasteiger partial charge is 0.0540 e. The molecule has 0 amide bonds. The molecule has 1 nitrogen and oxygen atoms in total. The topological polar surface area (TPSA) is 3.24 Å². The molecular weight excluding hydrogens is 345 g/mol. The maximum atomic E-state index is 2.87. The van der Waals surface area contributed by atoms with Crippen molar-refractivity contribution in [1.29, 1.82) is 0 Å². The molecule has 1 aliphatic rings. The highest BCUT2D eigenvalue weighted by Gasteiger charge is 2.36. The lowest BCUT2D eigenvalue weighted by atomic mass is 9.73. The third-order valence-electron chi connectivity index (χ3n) is 5.81. The molecule has 0 saturated carbocycles. The van der Waals surface area contributed by atoms with E-state index in [4.69, 9.17) is 0 Å². The summed E-state index contributed by atoms with van der Waals surface area (Å²) in [5.41, 5.74) is 6.46. The Bertz CT molecular complexity index is 1130. The fourth-order valence-corrected chi connectivity index (χ4v) is 4.78. The molecule has 0 saturated heterocycles. The van der Waals surface area contributed by atoms with Crippen molar-refractivity contribution in [3.05, 3.63) is 96.1 Å². The van der Waals surface area contributed by atoms with Gasteiger partial charge in [0.2, 0.25) is 0 Å². The van der Waals surface area contributed by atoms with E-state index >= 15 is 0 Å². The van der Waals surface area contributed by atoms with Gasteiger partial charge in [-0.05, 0) is 40.0 Å². The van der Waals surface area contributed by atoms with Gasteiger partial charge in [-0.3, -0.25) is 0 Å². The monoisotopic (exact) mass is 367 g/mol. The van der Waals surface area contributed by atoms with Crippen molar-refractivity contribution < 1.29 is 0 Å². The van der Waals surface area contributed by atoms with Gasteiger partial charge in [0, 0.05) is 10.8 Å². The van der Waals surface area contributed by atoms with Crippen LogP contribution in [0.3, 0.4) is 0 Å². The number of fused-ring (bicyclic) bond motifs is 3. The Balaban J connectivity index is 1.89. The molecule has 0 aromatic heterocycles. The summed E-state index contributed by atoms with van der Waals surface area (Å²) in [7, 11) is 2.87. The number of hydrogen-bond donors (Lipinski definition) is 0. The molecule has 1 aliphatic heterocycles. The van der Waals surface area contributed by atoms with E-state index in [1.54, 1.807) is 0 Å². The number of rotatable bonds is 1. The van der Waals surface area contributed by atoms with Crippen molar-refractivity contribution in [2.75, 3.05) is 4.90 Å². The average Bonchev–Trinajstić information content (AvgIpc) is 2.70. The SMILES string of the molecule is CC1(C)c2ccccc2N(c2ccc(P)c3ccccc23)c2ccccc21. The standard InChI is InChI=1S/C25H22NP/c1-25(2)19-11-5-7-13-22(19)26(23-14-8-6-12-20(23)25)21-15-16-24(27)18-10-4-3-9-17(18)21/h3-16H,27H2,1-2H3. The molecule has 0 fully saturated rings. The molecule has 0 radical (unpaired) electrons. The van der Waals surface area contributed by atoms with Crippen LogP contribution < -0.4 is 10.2 Å². The molecule has 0 aliphatic carbocycles. The third-order valence-corrected chi connectivity index (χ3v) is 6.32. The lowest BCUT2D eigenvalue weighted by molar-refractivity contribution is 0.632. The zero-order chi connectivity index (χ0) is 18.6. The molecular formula is C25H22NP. The number of nitrogens with zero attached hydrogens (tertiary/aromatic N) is 1.